The van der Waals surface area contributed by atoms with E-state index in [1.165, 1.54) is 29.5 Å². The van der Waals surface area contributed by atoms with Crippen molar-refractivity contribution in [1.29, 1.82) is 0 Å². The summed E-state index contributed by atoms with van der Waals surface area (Å²) in [4.78, 5) is 0. The van der Waals surface area contributed by atoms with E-state index < -0.39 is 0 Å². The molecule has 0 bridgehead atoms. The highest BCUT2D eigenvalue weighted by atomic mass is 16.5. The molecule has 37 heavy (non-hydrogen) atoms. The van der Waals surface area contributed by atoms with Crippen molar-refractivity contribution < 1.29 is 14.6 Å². The Morgan fingerprint density at radius 2 is 1.68 bits per heavy atom. The normalized spacial score (nSPS) is 13.0. The largest absolute Gasteiger partial charge is 0.507 e. The lowest BCUT2D eigenvalue weighted by Gasteiger charge is -2.24. The zero-order valence-electron chi connectivity index (χ0n) is 22.8. The van der Waals surface area contributed by atoms with Gasteiger partial charge in [-0.25, -0.2) is 0 Å². The number of nitrogen functional groups attached to an aromatic ring is 1. The number of phenolic OH excluding ortho intramolecular Hbond substituents is 1. The Bertz CT molecular complexity index is 1200. The van der Waals surface area contributed by atoms with Crippen LogP contribution >= 0.6 is 0 Å². The zero-order chi connectivity index (χ0) is 26.4. The van der Waals surface area contributed by atoms with Crippen LogP contribution in [0.4, 0.5) is 5.69 Å². The molecule has 3 aromatic carbocycles. The minimum Gasteiger partial charge on any atom is -0.507 e. The lowest BCUT2D eigenvalue weighted by molar-refractivity contribution is 0.352. The lowest BCUT2D eigenvalue weighted by atomic mass is 9.84. The maximum absolute atomic E-state index is 10.9. The number of hydrogen-bond acceptors (Lipinski definition) is 5. The second-order valence-electron chi connectivity index (χ2n) is 10.5. The molecule has 5 nitrogen and oxygen atoms in total. The molecule has 0 heterocycles. The van der Waals surface area contributed by atoms with Crippen molar-refractivity contribution in [3.8, 4) is 28.4 Å². The van der Waals surface area contributed by atoms with E-state index in [0.29, 0.717) is 23.6 Å². The third-order valence-corrected chi connectivity index (χ3v) is 7.49. The summed E-state index contributed by atoms with van der Waals surface area (Å²) in [6.07, 6.45) is 7.08. The number of nitrogens with two attached hydrogens (primary N) is 1. The average Bonchev–Trinajstić information content (AvgIpc) is 2.90. The zero-order valence-corrected chi connectivity index (χ0v) is 22.8. The molecule has 0 fully saturated rings. The fraction of sp³-hybridized carbons (Fsp3) is 0.438. The van der Waals surface area contributed by atoms with Crippen LogP contribution in [0.2, 0.25) is 0 Å². The number of benzene rings is 3. The van der Waals surface area contributed by atoms with E-state index >= 15 is 0 Å². The van der Waals surface area contributed by atoms with E-state index in [9.17, 15) is 5.11 Å². The minimum absolute atomic E-state index is 0.261. The summed E-state index contributed by atoms with van der Waals surface area (Å²) in [5, 5.41) is 14.5. The van der Waals surface area contributed by atoms with Crippen molar-refractivity contribution in [2.75, 3.05) is 33.0 Å². The van der Waals surface area contributed by atoms with E-state index in [2.05, 4.69) is 43.4 Å². The summed E-state index contributed by atoms with van der Waals surface area (Å²) in [5.41, 5.74) is 15.0. The molecule has 0 radical (unpaired) electrons. The van der Waals surface area contributed by atoms with Crippen molar-refractivity contribution in [2.24, 2.45) is 5.92 Å². The first-order valence-corrected chi connectivity index (χ1v) is 13.6. The van der Waals surface area contributed by atoms with Gasteiger partial charge in [-0.15, -0.1) is 0 Å². The number of anilines is 1. The van der Waals surface area contributed by atoms with Gasteiger partial charge in [0.25, 0.3) is 0 Å². The van der Waals surface area contributed by atoms with E-state index in [-0.39, 0.29) is 5.75 Å². The molecule has 4 N–H and O–H groups in total. The number of fused-ring (bicyclic) bond motifs is 1. The highest BCUT2D eigenvalue weighted by Crippen LogP contribution is 2.47. The quantitative estimate of drug-likeness (QED) is 0.212. The van der Waals surface area contributed by atoms with Gasteiger partial charge in [0.15, 0.2) is 11.5 Å². The first-order chi connectivity index (χ1) is 17.9. The molecule has 198 valence electrons. The number of aryl methyl sites for hydroxylation is 1. The van der Waals surface area contributed by atoms with Crippen LogP contribution in [0.25, 0.3) is 11.1 Å². The van der Waals surface area contributed by atoms with Crippen molar-refractivity contribution >= 4 is 5.69 Å². The standard InChI is InChI=1S/C32H42N2O3/c1-21(2)15-17-34-18-16-22-9-11-23(12-10-22)19-27-31(33)26(20-29(36-3)32(27)37-4)30-25-8-6-5-7-24(25)13-14-28(30)35/h9-14,20-21,34-35H,5-8,15-19,33H2,1-4H3. The molecule has 3 aromatic rings. The van der Waals surface area contributed by atoms with Crippen molar-refractivity contribution in [3.05, 3.63) is 70.3 Å². The van der Waals surface area contributed by atoms with Gasteiger partial charge in [0.1, 0.15) is 5.75 Å². The van der Waals surface area contributed by atoms with Crippen LogP contribution in [-0.2, 0) is 25.7 Å². The number of aromatic hydroxyl groups is 1. The highest BCUT2D eigenvalue weighted by molar-refractivity contribution is 5.88. The highest BCUT2D eigenvalue weighted by Gasteiger charge is 2.24. The monoisotopic (exact) mass is 502 g/mol. The molecule has 0 saturated carbocycles. The van der Waals surface area contributed by atoms with Crippen LogP contribution in [0.3, 0.4) is 0 Å². The maximum Gasteiger partial charge on any atom is 0.166 e. The van der Waals surface area contributed by atoms with Gasteiger partial charge in [0.05, 0.1) is 14.2 Å². The predicted molar refractivity (Wildman–Crippen MR) is 153 cm³/mol. The second kappa shape index (κ2) is 12.4. The fourth-order valence-electron chi connectivity index (χ4n) is 5.36. The Morgan fingerprint density at radius 3 is 2.38 bits per heavy atom. The molecule has 0 saturated heterocycles. The molecule has 5 heteroatoms. The Labute approximate surface area is 222 Å². The molecule has 4 rings (SSSR count). The summed E-state index contributed by atoms with van der Waals surface area (Å²) < 4.78 is 11.5. The van der Waals surface area contributed by atoms with Gasteiger partial charge in [0, 0.05) is 28.8 Å². The average molecular weight is 503 g/mol. The Kier molecular flexibility index (Phi) is 8.99. The van der Waals surface area contributed by atoms with Crippen LogP contribution in [0, 0.1) is 5.92 Å². The molecule has 0 aliphatic heterocycles. The summed E-state index contributed by atoms with van der Waals surface area (Å²) in [6.45, 7) is 6.55. The smallest absolute Gasteiger partial charge is 0.166 e. The van der Waals surface area contributed by atoms with Crippen LogP contribution < -0.4 is 20.5 Å². The third-order valence-electron chi connectivity index (χ3n) is 7.49. The molecule has 1 aliphatic rings. The number of rotatable bonds is 11. The van der Waals surface area contributed by atoms with Gasteiger partial charge in [-0.05, 0) is 91.9 Å². The second-order valence-corrected chi connectivity index (χ2v) is 10.5. The Hall–Kier alpha value is -3.18. The van der Waals surface area contributed by atoms with Gasteiger partial charge in [-0.3, -0.25) is 0 Å². The molecule has 0 amide bonds. The SMILES string of the molecule is COc1cc(-c2c(O)ccc3c2CCCC3)c(N)c(Cc2ccc(CCNCCC(C)C)cc2)c1OC. The summed E-state index contributed by atoms with van der Waals surface area (Å²) in [5.74, 6) is 2.26. The van der Waals surface area contributed by atoms with Crippen molar-refractivity contribution in [3.63, 3.8) is 0 Å². The number of phenols is 1. The van der Waals surface area contributed by atoms with Gasteiger partial charge >= 0.3 is 0 Å². The predicted octanol–water partition coefficient (Wildman–Crippen LogP) is 6.31. The van der Waals surface area contributed by atoms with Gasteiger partial charge in [-0.1, -0.05) is 44.2 Å². The number of methoxy groups -OCH3 is 2. The molecular formula is C32H42N2O3. The van der Waals surface area contributed by atoms with Crippen LogP contribution in [-0.4, -0.2) is 32.4 Å². The van der Waals surface area contributed by atoms with Crippen LogP contribution in [0.15, 0.2) is 42.5 Å². The van der Waals surface area contributed by atoms with Crippen molar-refractivity contribution in [2.45, 2.75) is 58.8 Å². The van der Waals surface area contributed by atoms with E-state index in [1.807, 2.05) is 12.1 Å². The third kappa shape index (κ3) is 6.22. The summed E-state index contributed by atoms with van der Waals surface area (Å²) >= 11 is 0. The summed E-state index contributed by atoms with van der Waals surface area (Å²) in [7, 11) is 3.30. The maximum atomic E-state index is 10.9. The van der Waals surface area contributed by atoms with Crippen LogP contribution in [0.5, 0.6) is 17.2 Å². The number of ether oxygens (including phenoxy) is 2. The molecule has 0 unspecified atom stereocenters. The lowest BCUT2D eigenvalue weighted by Crippen LogP contribution is -2.19. The number of nitrogens with one attached hydrogen (secondary N) is 1. The van der Waals surface area contributed by atoms with Crippen LogP contribution in [0.1, 0.15) is 60.9 Å². The van der Waals surface area contributed by atoms with Gasteiger partial charge in [-0.2, -0.15) is 0 Å². The molecule has 0 aromatic heterocycles. The van der Waals surface area contributed by atoms with E-state index in [0.717, 1.165) is 66.9 Å². The van der Waals surface area contributed by atoms with Crippen molar-refractivity contribution in [1.82, 2.24) is 5.32 Å². The Morgan fingerprint density at radius 1 is 0.946 bits per heavy atom. The van der Waals surface area contributed by atoms with E-state index in [1.54, 1.807) is 20.3 Å². The van der Waals surface area contributed by atoms with E-state index in [4.69, 9.17) is 15.2 Å². The van der Waals surface area contributed by atoms with Gasteiger partial charge < -0.3 is 25.6 Å². The Balaban J connectivity index is 1.63. The number of hydrogen-bond donors (Lipinski definition) is 3. The molecular weight excluding hydrogens is 460 g/mol. The first-order valence-electron chi connectivity index (χ1n) is 13.6. The molecule has 1 aliphatic carbocycles. The van der Waals surface area contributed by atoms with Gasteiger partial charge in [0.2, 0.25) is 0 Å². The topological polar surface area (TPSA) is 76.7 Å². The summed E-state index contributed by atoms with van der Waals surface area (Å²) in [6, 6.07) is 14.5. The molecule has 0 atom stereocenters. The first kappa shape index (κ1) is 26.9. The minimum atomic E-state index is 0.261. The fourth-order valence-corrected chi connectivity index (χ4v) is 5.36. The molecule has 0 spiro atoms.